The van der Waals surface area contributed by atoms with Crippen molar-refractivity contribution in [2.24, 2.45) is 4.99 Å². The summed E-state index contributed by atoms with van der Waals surface area (Å²) >= 11 is 0. The Balaban J connectivity index is 1.79. The molecule has 3 aromatic rings. The molecule has 0 saturated heterocycles. The number of carbonyl (C=O) groups excluding carboxylic acids is 1. The van der Waals surface area contributed by atoms with Gasteiger partial charge in [-0.3, -0.25) is 0 Å². The number of fused-ring (bicyclic) bond motifs is 1. The second kappa shape index (κ2) is 6.96. The molecule has 0 radical (unpaired) electrons. The van der Waals surface area contributed by atoms with Crippen LogP contribution >= 0.6 is 0 Å². The molecule has 5 heteroatoms. The number of hydrogen-bond acceptors (Lipinski definition) is 5. The predicted octanol–water partition coefficient (Wildman–Crippen LogP) is 4.20. The van der Waals surface area contributed by atoms with Crippen LogP contribution in [0.3, 0.4) is 0 Å². The molecule has 0 saturated carbocycles. The molecule has 4 rings (SSSR count). The zero-order chi connectivity index (χ0) is 18.8. The number of carbonyl (C=O) groups is 1. The Bertz CT molecular complexity index is 1090. The fourth-order valence-corrected chi connectivity index (χ4v) is 3.11. The monoisotopic (exact) mass is 359 g/mol. The van der Waals surface area contributed by atoms with Crippen LogP contribution in [0.4, 0.5) is 0 Å². The van der Waals surface area contributed by atoms with Gasteiger partial charge in [-0.1, -0.05) is 48.5 Å². The molecule has 0 spiro atoms. The van der Waals surface area contributed by atoms with Gasteiger partial charge >= 0.3 is 5.97 Å². The van der Waals surface area contributed by atoms with E-state index in [1.54, 1.807) is 26.4 Å². The first kappa shape index (κ1) is 16.8. The third-order valence-corrected chi connectivity index (χ3v) is 4.37. The van der Waals surface area contributed by atoms with E-state index >= 15 is 0 Å². The van der Waals surface area contributed by atoms with Gasteiger partial charge in [0.15, 0.2) is 17.2 Å². The van der Waals surface area contributed by atoms with Crippen molar-refractivity contribution < 1.29 is 19.0 Å². The Morgan fingerprint density at radius 1 is 0.926 bits per heavy atom. The Kier molecular flexibility index (Phi) is 4.34. The highest BCUT2D eigenvalue weighted by atomic mass is 16.6. The number of esters is 1. The first-order chi connectivity index (χ1) is 13.2. The van der Waals surface area contributed by atoms with Crippen molar-refractivity contribution >= 4 is 28.7 Å². The van der Waals surface area contributed by atoms with Gasteiger partial charge in [-0.2, -0.15) is 0 Å². The number of nitrogens with zero attached hydrogens (tertiary/aromatic N) is 1. The number of rotatable bonds is 4. The first-order valence-electron chi connectivity index (χ1n) is 8.43. The Labute approximate surface area is 156 Å². The van der Waals surface area contributed by atoms with E-state index in [2.05, 4.69) is 4.99 Å². The van der Waals surface area contributed by atoms with Crippen molar-refractivity contribution in [3.05, 3.63) is 77.5 Å². The average Bonchev–Trinajstić information content (AvgIpc) is 3.07. The lowest BCUT2D eigenvalue weighted by Crippen LogP contribution is -2.06. The molecule has 1 aliphatic rings. The van der Waals surface area contributed by atoms with Gasteiger partial charge in [-0.05, 0) is 29.0 Å². The second-order valence-electron chi connectivity index (χ2n) is 5.95. The molecule has 134 valence electrons. The predicted molar refractivity (Wildman–Crippen MR) is 104 cm³/mol. The van der Waals surface area contributed by atoms with Gasteiger partial charge in [-0.25, -0.2) is 9.79 Å². The van der Waals surface area contributed by atoms with Crippen LogP contribution in [0.5, 0.6) is 11.5 Å². The number of methoxy groups -OCH3 is 2. The number of para-hydroxylation sites is 1. The van der Waals surface area contributed by atoms with E-state index < -0.39 is 5.97 Å². The summed E-state index contributed by atoms with van der Waals surface area (Å²) in [5.41, 5.74) is 1.68. The maximum absolute atomic E-state index is 12.4. The highest BCUT2D eigenvalue weighted by Gasteiger charge is 2.26. The molecule has 0 atom stereocenters. The molecule has 5 nitrogen and oxygen atoms in total. The van der Waals surface area contributed by atoms with E-state index in [0.717, 1.165) is 16.3 Å². The minimum Gasteiger partial charge on any atom is -0.493 e. The summed E-state index contributed by atoms with van der Waals surface area (Å²) in [4.78, 5) is 16.8. The summed E-state index contributed by atoms with van der Waals surface area (Å²) in [5, 5.41) is 2.03. The third-order valence-electron chi connectivity index (χ3n) is 4.37. The number of cyclic esters (lactones) is 1. The molecule has 0 aliphatic carbocycles. The lowest BCUT2D eigenvalue weighted by Gasteiger charge is -2.09. The topological polar surface area (TPSA) is 57.1 Å². The van der Waals surface area contributed by atoms with Crippen molar-refractivity contribution in [1.29, 1.82) is 0 Å². The highest BCUT2D eigenvalue weighted by molar-refractivity contribution is 6.17. The van der Waals surface area contributed by atoms with Crippen LogP contribution in [0.1, 0.15) is 11.1 Å². The van der Waals surface area contributed by atoms with Crippen LogP contribution in [0.25, 0.3) is 16.8 Å². The van der Waals surface area contributed by atoms with Gasteiger partial charge in [0, 0.05) is 11.1 Å². The van der Waals surface area contributed by atoms with Gasteiger partial charge in [0.2, 0.25) is 5.90 Å². The molecular formula is C22H17NO4. The molecule has 1 aliphatic heterocycles. The van der Waals surface area contributed by atoms with E-state index in [1.165, 1.54) is 0 Å². The van der Waals surface area contributed by atoms with Gasteiger partial charge in [0.05, 0.1) is 14.2 Å². The summed E-state index contributed by atoms with van der Waals surface area (Å²) in [5.74, 6) is 0.915. The minimum atomic E-state index is -0.497. The van der Waals surface area contributed by atoms with E-state index in [-0.39, 0.29) is 5.70 Å². The lowest BCUT2D eigenvalue weighted by molar-refractivity contribution is -0.129. The number of ether oxygens (including phenoxy) is 3. The van der Waals surface area contributed by atoms with Crippen LogP contribution in [-0.2, 0) is 9.53 Å². The fourth-order valence-electron chi connectivity index (χ4n) is 3.11. The number of aliphatic imine (C=N–C) groups is 1. The first-order valence-corrected chi connectivity index (χ1v) is 8.43. The molecule has 0 fully saturated rings. The SMILES string of the molecule is COc1cccc(/C=C2/N=C(c3cccc4ccccc34)OC2=O)c1OC. The van der Waals surface area contributed by atoms with Gasteiger partial charge in [0.1, 0.15) is 0 Å². The molecule has 1 heterocycles. The number of hydrogen-bond donors (Lipinski definition) is 0. The van der Waals surface area contributed by atoms with Crippen LogP contribution in [0.2, 0.25) is 0 Å². The molecule has 0 bridgehead atoms. The van der Waals surface area contributed by atoms with Crippen LogP contribution in [0, 0.1) is 0 Å². The quantitative estimate of drug-likeness (QED) is 0.517. The van der Waals surface area contributed by atoms with Gasteiger partial charge in [-0.15, -0.1) is 0 Å². The molecule has 27 heavy (non-hydrogen) atoms. The minimum absolute atomic E-state index is 0.212. The Morgan fingerprint density at radius 2 is 1.70 bits per heavy atom. The van der Waals surface area contributed by atoms with Gasteiger partial charge in [0.25, 0.3) is 0 Å². The second-order valence-corrected chi connectivity index (χ2v) is 5.95. The zero-order valence-corrected chi connectivity index (χ0v) is 14.9. The normalized spacial score (nSPS) is 15.0. The van der Waals surface area contributed by atoms with Crippen molar-refractivity contribution in [3.63, 3.8) is 0 Å². The molecule has 0 aromatic heterocycles. The largest absolute Gasteiger partial charge is 0.493 e. The molecular weight excluding hydrogens is 342 g/mol. The van der Waals surface area contributed by atoms with Crippen LogP contribution < -0.4 is 9.47 Å². The third kappa shape index (κ3) is 3.04. The van der Waals surface area contributed by atoms with Crippen LogP contribution in [-0.4, -0.2) is 26.1 Å². The van der Waals surface area contributed by atoms with Crippen molar-refractivity contribution in [2.75, 3.05) is 14.2 Å². The van der Waals surface area contributed by atoms with Gasteiger partial charge < -0.3 is 14.2 Å². The summed E-state index contributed by atoms with van der Waals surface area (Å²) in [7, 11) is 3.12. The average molecular weight is 359 g/mol. The molecule has 0 N–H and O–H groups in total. The maximum atomic E-state index is 12.4. The van der Waals surface area contributed by atoms with E-state index in [0.29, 0.717) is 23.0 Å². The Morgan fingerprint density at radius 3 is 2.52 bits per heavy atom. The summed E-state index contributed by atoms with van der Waals surface area (Å²) in [6.45, 7) is 0. The van der Waals surface area contributed by atoms with Crippen molar-refractivity contribution in [3.8, 4) is 11.5 Å². The maximum Gasteiger partial charge on any atom is 0.363 e. The summed E-state index contributed by atoms with van der Waals surface area (Å²) < 4.78 is 16.2. The number of benzene rings is 3. The Hall–Kier alpha value is -3.60. The standard InChI is InChI=1S/C22H17NO4/c1-25-19-12-6-9-15(20(19)26-2)13-18-22(24)27-21(23-18)17-11-5-8-14-7-3-4-10-16(14)17/h3-13H,1-2H3/b18-13+. The smallest absolute Gasteiger partial charge is 0.363 e. The zero-order valence-electron chi connectivity index (χ0n) is 14.9. The van der Waals surface area contributed by atoms with E-state index in [1.807, 2.05) is 54.6 Å². The van der Waals surface area contributed by atoms with E-state index in [4.69, 9.17) is 14.2 Å². The lowest BCUT2D eigenvalue weighted by atomic mass is 10.0. The fraction of sp³-hybridized carbons (Fsp3) is 0.0909. The molecule has 0 unspecified atom stereocenters. The summed E-state index contributed by atoms with van der Waals surface area (Å²) in [6.07, 6.45) is 1.64. The van der Waals surface area contributed by atoms with Crippen LogP contribution in [0.15, 0.2) is 71.4 Å². The van der Waals surface area contributed by atoms with Crippen molar-refractivity contribution in [2.45, 2.75) is 0 Å². The molecule has 3 aromatic carbocycles. The highest BCUT2D eigenvalue weighted by Crippen LogP contribution is 2.33. The molecule has 0 amide bonds. The van der Waals surface area contributed by atoms with E-state index in [9.17, 15) is 4.79 Å². The summed E-state index contributed by atoms with van der Waals surface area (Å²) in [6, 6.07) is 19.2. The van der Waals surface area contributed by atoms with Crippen molar-refractivity contribution in [1.82, 2.24) is 0 Å².